The number of carbonyl (C=O) groups is 1. The van der Waals surface area contributed by atoms with Crippen molar-refractivity contribution in [1.29, 1.82) is 0 Å². The Hall–Kier alpha value is -1.94. The van der Waals surface area contributed by atoms with E-state index in [0.29, 0.717) is 45.6 Å². The predicted octanol–water partition coefficient (Wildman–Crippen LogP) is 0.352. The van der Waals surface area contributed by atoms with Crippen molar-refractivity contribution in [2.24, 2.45) is 7.05 Å². The summed E-state index contributed by atoms with van der Waals surface area (Å²) < 4.78 is 29.3. The van der Waals surface area contributed by atoms with E-state index in [9.17, 15) is 13.2 Å². The molecule has 0 N–H and O–H groups in total. The van der Waals surface area contributed by atoms with Crippen LogP contribution in [0.1, 0.15) is 25.5 Å². The third-order valence-electron chi connectivity index (χ3n) is 4.80. The molecule has 3 rings (SSSR count). The molecule has 2 aromatic rings. The number of aryl methyl sites for hydroxylation is 3. The van der Waals surface area contributed by atoms with Crippen molar-refractivity contribution in [3.63, 3.8) is 0 Å². The van der Waals surface area contributed by atoms with Crippen LogP contribution in [-0.2, 0) is 28.4 Å². The molecule has 144 valence electrons. The summed E-state index contributed by atoms with van der Waals surface area (Å²) in [6.45, 7) is 5.92. The Morgan fingerprint density at radius 3 is 2.58 bits per heavy atom. The number of sulfonamides is 1. The third-order valence-corrected chi connectivity index (χ3v) is 6.87. The Bertz CT molecular complexity index is 893. The lowest BCUT2D eigenvalue weighted by molar-refractivity contribution is -0.132. The van der Waals surface area contributed by atoms with Gasteiger partial charge in [-0.2, -0.15) is 14.5 Å². The number of aromatic nitrogens is 4. The van der Waals surface area contributed by atoms with Gasteiger partial charge >= 0.3 is 0 Å². The maximum Gasteiger partial charge on any atom is 0.224 e. The number of hydrogen-bond donors (Lipinski definition) is 0. The maximum absolute atomic E-state index is 12.5. The van der Waals surface area contributed by atoms with Crippen LogP contribution in [0.15, 0.2) is 6.20 Å². The van der Waals surface area contributed by atoms with Crippen LogP contribution in [0.3, 0.4) is 0 Å². The molecule has 1 amide bonds. The third kappa shape index (κ3) is 3.61. The molecule has 3 heterocycles. The van der Waals surface area contributed by atoms with Crippen molar-refractivity contribution >= 4 is 27.0 Å². The molecule has 9 nitrogen and oxygen atoms in total. The van der Waals surface area contributed by atoms with Gasteiger partial charge in [0.1, 0.15) is 11.0 Å². The Kier molecular flexibility index (Phi) is 5.33. The minimum absolute atomic E-state index is 0.0303. The van der Waals surface area contributed by atoms with Crippen LogP contribution in [0.2, 0.25) is 0 Å². The van der Waals surface area contributed by atoms with Gasteiger partial charge in [-0.1, -0.05) is 6.92 Å². The minimum atomic E-state index is -3.19. The summed E-state index contributed by atoms with van der Waals surface area (Å²) in [6, 6.07) is 0. The summed E-state index contributed by atoms with van der Waals surface area (Å²) in [7, 11) is -1.31. The molecule has 10 heteroatoms. The number of carbonyl (C=O) groups excluding carboxylic acids is 1. The van der Waals surface area contributed by atoms with Crippen molar-refractivity contribution in [1.82, 2.24) is 28.8 Å². The monoisotopic (exact) mass is 382 g/mol. The van der Waals surface area contributed by atoms with Gasteiger partial charge in [-0.05, 0) is 13.3 Å². The minimum Gasteiger partial charge on any atom is -0.340 e. The average molecular weight is 382 g/mol. The second-order valence-electron chi connectivity index (χ2n) is 6.66. The van der Waals surface area contributed by atoms with Crippen LogP contribution in [0.4, 0.5) is 0 Å². The molecule has 2 aromatic heterocycles. The fourth-order valence-electron chi connectivity index (χ4n) is 3.44. The summed E-state index contributed by atoms with van der Waals surface area (Å²) >= 11 is 0. The van der Waals surface area contributed by atoms with E-state index in [2.05, 4.69) is 10.2 Å². The Labute approximate surface area is 153 Å². The summed E-state index contributed by atoms with van der Waals surface area (Å²) in [5.74, 6) is 0.198. The van der Waals surface area contributed by atoms with E-state index in [1.165, 1.54) is 4.31 Å². The van der Waals surface area contributed by atoms with Gasteiger partial charge in [0.05, 0.1) is 24.2 Å². The largest absolute Gasteiger partial charge is 0.340 e. The first-order chi connectivity index (χ1) is 12.3. The van der Waals surface area contributed by atoms with Crippen molar-refractivity contribution < 1.29 is 13.2 Å². The second kappa shape index (κ2) is 7.36. The van der Waals surface area contributed by atoms with Gasteiger partial charge in [0, 0.05) is 39.6 Å². The molecule has 26 heavy (non-hydrogen) atoms. The van der Waals surface area contributed by atoms with Crippen LogP contribution < -0.4 is 0 Å². The van der Waals surface area contributed by atoms with E-state index in [1.807, 2.05) is 25.6 Å². The summed E-state index contributed by atoms with van der Waals surface area (Å²) in [5.41, 5.74) is 2.79. The fraction of sp³-hybridized carbons (Fsp3) is 0.688. The van der Waals surface area contributed by atoms with E-state index in [1.54, 1.807) is 15.8 Å². The molecule has 1 fully saturated rings. The summed E-state index contributed by atoms with van der Waals surface area (Å²) in [6.07, 6.45) is 2.71. The van der Waals surface area contributed by atoms with Crippen LogP contribution in [-0.4, -0.2) is 75.0 Å². The first-order valence-electron chi connectivity index (χ1n) is 8.94. The summed E-state index contributed by atoms with van der Waals surface area (Å²) in [4.78, 5) is 14.2. The zero-order chi connectivity index (χ0) is 18.9. The molecule has 0 spiro atoms. The zero-order valence-corrected chi connectivity index (χ0v) is 16.4. The molecule has 0 atom stereocenters. The van der Waals surface area contributed by atoms with Gasteiger partial charge in [0.15, 0.2) is 0 Å². The molecule has 0 radical (unpaired) electrons. The molecule has 1 aliphatic rings. The lowest BCUT2D eigenvalue weighted by Gasteiger charge is -2.34. The van der Waals surface area contributed by atoms with E-state index in [4.69, 9.17) is 0 Å². The van der Waals surface area contributed by atoms with Crippen molar-refractivity contribution in [3.8, 4) is 0 Å². The van der Waals surface area contributed by atoms with E-state index in [-0.39, 0.29) is 11.7 Å². The molecule has 0 bridgehead atoms. The fourth-order valence-corrected chi connectivity index (χ4v) is 4.94. The molecular weight excluding hydrogens is 356 g/mol. The normalized spacial score (nSPS) is 16.5. The first kappa shape index (κ1) is 18.8. The Balaban J connectivity index is 1.56. The standard InChI is InChI=1S/C16H26N6O3S/c1-4-11-26(24,25)21-9-7-20(8-10-21)15(23)5-6-22-16-13(2)18-19(3)14(16)12-17-22/h12H,4-11H2,1-3H3. The number of fused-ring (bicyclic) bond motifs is 1. The first-order valence-corrected chi connectivity index (χ1v) is 10.5. The molecule has 0 aromatic carbocycles. The highest BCUT2D eigenvalue weighted by Crippen LogP contribution is 2.17. The van der Waals surface area contributed by atoms with Crippen LogP contribution in [0.25, 0.3) is 11.0 Å². The SMILES string of the molecule is CCCS(=O)(=O)N1CCN(C(=O)CCn2ncc3c2c(C)nn3C)CC1. The highest BCUT2D eigenvalue weighted by molar-refractivity contribution is 7.89. The van der Waals surface area contributed by atoms with Crippen LogP contribution in [0.5, 0.6) is 0 Å². The second-order valence-corrected chi connectivity index (χ2v) is 8.74. The van der Waals surface area contributed by atoms with Gasteiger partial charge in [-0.3, -0.25) is 14.2 Å². The molecule has 0 saturated carbocycles. The van der Waals surface area contributed by atoms with Crippen LogP contribution in [0, 0.1) is 6.92 Å². The van der Waals surface area contributed by atoms with Crippen molar-refractivity contribution in [2.75, 3.05) is 31.9 Å². The quantitative estimate of drug-likeness (QED) is 0.719. The van der Waals surface area contributed by atoms with Crippen molar-refractivity contribution in [2.45, 2.75) is 33.2 Å². The van der Waals surface area contributed by atoms with E-state index >= 15 is 0 Å². The zero-order valence-electron chi connectivity index (χ0n) is 15.6. The number of rotatable bonds is 6. The number of nitrogens with zero attached hydrogens (tertiary/aromatic N) is 6. The predicted molar refractivity (Wildman–Crippen MR) is 98.1 cm³/mol. The highest BCUT2D eigenvalue weighted by atomic mass is 32.2. The summed E-state index contributed by atoms with van der Waals surface area (Å²) in [5, 5.41) is 8.73. The number of piperazine rings is 1. The Morgan fingerprint density at radius 2 is 1.92 bits per heavy atom. The molecule has 1 aliphatic heterocycles. The van der Waals surface area contributed by atoms with Crippen molar-refractivity contribution in [3.05, 3.63) is 11.9 Å². The average Bonchev–Trinajstić information content (AvgIpc) is 3.15. The molecule has 0 aliphatic carbocycles. The molecule has 1 saturated heterocycles. The lowest BCUT2D eigenvalue weighted by Crippen LogP contribution is -2.51. The molecular formula is C16H26N6O3S. The maximum atomic E-state index is 12.5. The van der Waals surface area contributed by atoms with Gasteiger partial charge in [0.25, 0.3) is 0 Å². The lowest BCUT2D eigenvalue weighted by atomic mass is 10.3. The Morgan fingerprint density at radius 1 is 1.23 bits per heavy atom. The van der Waals surface area contributed by atoms with E-state index < -0.39 is 10.0 Å². The highest BCUT2D eigenvalue weighted by Gasteiger charge is 2.28. The van der Waals surface area contributed by atoms with Gasteiger partial charge < -0.3 is 4.90 Å². The number of hydrogen-bond acceptors (Lipinski definition) is 5. The van der Waals surface area contributed by atoms with E-state index in [0.717, 1.165) is 16.7 Å². The van der Waals surface area contributed by atoms with Gasteiger partial charge in [-0.25, -0.2) is 8.42 Å². The van der Waals surface area contributed by atoms with Gasteiger partial charge in [0.2, 0.25) is 15.9 Å². The molecule has 0 unspecified atom stereocenters. The topological polar surface area (TPSA) is 93.3 Å². The van der Waals surface area contributed by atoms with Gasteiger partial charge in [-0.15, -0.1) is 0 Å². The van der Waals surface area contributed by atoms with Crippen LogP contribution >= 0.6 is 0 Å². The number of amides is 1. The smallest absolute Gasteiger partial charge is 0.224 e.